The molecule has 3 saturated heterocycles. The van der Waals surface area contributed by atoms with Crippen LogP contribution in [0.25, 0.3) is 0 Å². The van der Waals surface area contributed by atoms with Gasteiger partial charge >= 0.3 is 0 Å². The van der Waals surface area contributed by atoms with Crippen molar-refractivity contribution in [2.45, 2.75) is 12.8 Å². The lowest BCUT2D eigenvalue weighted by molar-refractivity contribution is 0.168. The average Bonchev–Trinajstić information content (AvgIpc) is 2.86. The standard InChI is InChI=1S/C13H23I2N3/c14-10-16-3-1-11(2-4-16)5-17-6-12-8-18(15)9-13(12)7-17/h11-13H,1-10H2/t12-,13+. The summed E-state index contributed by atoms with van der Waals surface area (Å²) in [5, 5.41) is 0. The van der Waals surface area contributed by atoms with Crippen LogP contribution in [-0.4, -0.2) is 63.3 Å². The van der Waals surface area contributed by atoms with Crippen LogP contribution in [0, 0.1) is 17.8 Å². The highest BCUT2D eigenvalue weighted by Gasteiger charge is 2.39. The highest BCUT2D eigenvalue weighted by atomic mass is 127. The molecule has 0 bridgehead atoms. The first-order valence-corrected chi connectivity index (χ1v) is 9.65. The number of piperidine rings is 1. The molecule has 3 fully saturated rings. The lowest BCUT2D eigenvalue weighted by Gasteiger charge is -2.33. The lowest BCUT2D eigenvalue weighted by Crippen LogP contribution is -2.38. The Morgan fingerprint density at radius 2 is 1.50 bits per heavy atom. The van der Waals surface area contributed by atoms with E-state index in [2.05, 4.69) is 58.4 Å². The molecule has 3 aliphatic rings. The molecule has 0 radical (unpaired) electrons. The Balaban J connectivity index is 1.43. The fourth-order valence-corrected chi connectivity index (χ4v) is 5.53. The van der Waals surface area contributed by atoms with Gasteiger partial charge in [-0.1, -0.05) is 22.6 Å². The molecule has 0 aromatic rings. The molecule has 0 N–H and O–H groups in total. The zero-order chi connectivity index (χ0) is 12.5. The van der Waals surface area contributed by atoms with E-state index in [1.54, 1.807) is 0 Å². The summed E-state index contributed by atoms with van der Waals surface area (Å²) in [6, 6.07) is 0. The minimum atomic E-state index is 0.969. The topological polar surface area (TPSA) is 9.72 Å². The molecule has 0 unspecified atom stereocenters. The summed E-state index contributed by atoms with van der Waals surface area (Å²) in [4.78, 5) is 5.35. The minimum absolute atomic E-state index is 0.969. The smallest absolute Gasteiger partial charge is 0.0505 e. The first kappa shape index (κ1) is 14.3. The fourth-order valence-electron chi connectivity index (χ4n) is 3.84. The third kappa shape index (κ3) is 3.32. The maximum absolute atomic E-state index is 2.77. The normalized spacial score (nSPS) is 36.3. The Hall–Kier alpha value is 1.34. The number of hydrogen-bond acceptors (Lipinski definition) is 3. The molecular formula is C13H23I2N3. The van der Waals surface area contributed by atoms with E-state index in [-0.39, 0.29) is 0 Å². The van der Waals surface area contributed by atoms with E-state index in [9.17, 15) is 0 Å². The second kappa shape index (κ2) is 6.41. The van der Waals surface area contributed by atoms with Gasteiger partial charge in [0.15, 0.2) is 0 Å². The monoisotopic (exact) mass is 475 g/mol. The molecule has 3 nitrogen and oxygen atoms in total. The van der Waals surface area contributed by atoms with E-state index in [0.29, 0.717) is 0 Å². The summed E-state index contributed by atoms with van der Waals surface area (Å²) < 4.78 is 3.70. The highest BCUT2D eigenvalue weighted by Crippen LogP contribution is 2.33. The third-order valence-electron chi connectivity index (χ3n) is 4.91. The summed E-state index contributed by atoms with van der Waals surface area (Å²) >= 11 is 4.99. The van der Waals surface area contributed by atoms with Crippen molar-refractivity contribution in [3.05, 3.63) is 0 Å². The quantitative estimate of drug-likeness (QED) is 0.269. The van der Waals surface area contributed by atoms with Gasteiger partial charge in [0, 0.05) is 55.6 Å². The van der Waals surface area contributed by atoms with Gasteiger partial charge in [0.25, 0.3) is 0 Å². The van der Waals surface area contributed by atoms with Crippen LogP contribution in [0.4, 0.5) is 0 Å². The molecule has 3 aliphatic heterocycles. The van der Waals surface area contributed by atoms with E-state index in [1.807, 2.05) is 0 Å². The van der Waals surface area contributed by atoms with Crippen LogP contribution in [0.1, 0.15) is 12.8 Å². The lowest BCUT2D eigenvalue weighted by atomic mass is 9.96. The second-order valence-electron chi connectivity index (χ2n) is 6.25. The third-order valence-corrected chi connectivity index (χ3v) is 6.66. The van der Waals surface area contributed by atoms with Gasteiger partial charge in [-0.25, -0.2) is 3.11 Å². The zero-order valence-corrected chi connectivity index (χ0v) is 15.2. The van der Waals surface area contributed by atoms with E-state index in [4.69, 9.17) is 0 Å². The number of fused-ring (bicyclic) bond motifs is 1. The van der Waals surface area contributed by atoms with E-state index >= 15 is 0 Å². The molecule has 104 valence electrons. The SMILES string of the molecule is ICN1CCC(CN2C[C@H]3CN(I)C[C@H]3C2)CC1. The number of alkyl halides is 1. The molecule has 0 spiro atoms. The van der Waals surface area contributed by atoms with Crippen LogP contribution in [-0.2, 0) is 0 Å². The predicted molar refractivity (Wildman–Crippen MR) is 92.2 cm³/mol. The van der Waals surface area contributed by atoms with Crippen molar-refractivity contribution in [1.29, 1.82) is 0 Å². The molecular weight excluding hydrogens is 452 g/mol. The summed E-state index contributed by atoms with van der Waals surface area (Å²) in [6.45, 7) is 9.44. The van der Waals surface area contributed by atoms with Gasteiger partial charge < -0.3 is 4.90 Å². The Kier molecular flexibility index (Phi) is 5.08. The largest absolute Gasteiger partial charge is 0.302 e. The zero-order valence-electron chi connectivity index (χ0n) is 10.9. The molecule has 18 heavy (non-hydrogen) atoms. The molecule has 0 aromatic carbocycles. The molecule has 3 rings (SSSR count). The Morgan fingerprint density at radius 1 is 0.889 bits per heavy atom. The van der Waals surface area contributed by atoms with E-state index in [1.165, 1.54) is 63.2 Å². The van der Waals surface area contributed by atoms with Gasteiger partial charge in [0.1, 0.15) is 0 Å². The van der Waals surface area contributed by atoms with Gasteiger partial charge in [-0.3, -0.25) is 4.90 Å². The molecule has 3 heterocycles. The molecule has 0 saturated carbocycles. The maximum atomic E-state index is 2.77. The molecule has 0 aromatic heterocycles. The number of likely N-dealkylation sites (tertiary alicyclic amines) is 2. The number of nitrogens with zero attached hydrogens (tertiary/aromatic N) is 3. The Labute approximate surface area is 138 Å². The van der Waals surface area contributed by atoms with Crippen molar-refractivity contribution < 1.29 is 0 Å². The van der Waals surface area contributed by atoms with Gasteiger partial charge in [-0.15, -0.1) is 0 Å². The van der Waals surface area contributed by atoms with Gasteiger partial charge in [0.2, 0.25) is 0 Å². The van der Waals surface area contributed by atoms with Crippen LogP contribution < -0.4 is 0 Å². The molecule has 2 atom stereocenters. The van der Waals surface area contributed by atoms with Crippen LogP contribution in [0.2, 0.25) is 0 Å². The highest BCUT2D eigenvalue weighted by molar-refractivity contribution is 14.1. The Morgan fingerprint density at radius 3 is 2.06 bits per heavy atom. The Bertz CT molecular complexity index is 267. The van der Waals surface area contributed by atoms with Crippen molar-refractivity contribution >= 4 is 45.5 Å². The minimum Gasteiger partial charge on any atom is -0.302 e. The van der Waals surface area contributed by atoms with Gasteiger partial charge in [-0.2, -0.15) is 0 Å². The number of halogens is 2. The number of hydrogen-bond donors (Lipinski definition) is 0. The average molecular weight is 475 g/mol. The van der Waals surface area contributed by atoms with Crippen LogP contribution in [0.5, 0.6) is 0 Å². The summed E-state index contributed by atoms with van der Waals surface area (Å²) in [7, 11) is 0. The van der Waals surface area contributed by atoms with Gasteiger partial charge in [-0.05, 0) is 43.7 Å². The molecule has 0 amide bonds. The fraction of sp³-hybridized carbons (Fsp3) is 1.00. The molecule has 0 aliphatic carbocycles. The molecule has 5 heteroatoms. The summed E-state index contributed by atoms with van der Waals surface area (Å²) in [5.41, 5.74) is 0. The first-order chi connectivity index (χ1) is 8.74. The maximum Gasteiger partial charge on any atom is 0.0505 e. The second-order valence-corrected chi connectivity index (χ2v) is 8.29. The summed E-state index contributed by atoms with van der Waals surface area (Å²) in [6.07, 6.45) is 2.85. The van der Waals surface area contributed by atoms with E-state index in [0.717, 1.165) is 17.8 Å². The van der Waals surface area contributed by atoms with E-state index < -0.39 is 0 Å². The van der Waals surface area contributed by atoms with Crippen molar-refractivity contribution in [1.82, 2.24) is 12.9 Å². The van der Waals surface area contributed by atoms with Crippen molar-refractivity contribution in [2.24, 2.45) is 17.8 Å². The van der Waals surface area contributed by atoms with Crippen LogP contribution in [0.3, 0.4) is 0 Å². The predicted octanol–water partition coefficient (Wildman–Crippen LogP) is 2.30. The van der Waals surface area contributed by atoms with Gasteiger partial charge in [0.05, 0.1) is 4.55 Å². The van der Waals surface area contributed by atoms with Crippen molar-refractivity contribution in [3.63, 3.8) is 0 Å². The summed E-state index contributed by atoms with van der Waals surface area (Å²) in [5.74, 6) is 2.91. The number of rotatable bonds is 3. The van der Waals surface area contributed by atoms with Crippen LogP contribution >= 0.6 is 45.5 Å². The first-order valence-electron chi connectivity index (χ1n) is 7.16. The van der Waals surface area contributed by atoms with Crippen LogP contribution in [0.15, 0.2) is 0 Å². The van der Waals surface area contributed by atoms with Crippen molar-refractivity contribution in [2.75, 3.05) is 50.4 Å². The van der Waals surface area contributed by atoms with Crippen molar-refractivity contribution in [3.8, 4) is 0 Å².